The summed E-state index contributed by atoms with van der Waals surface area (Å²) in [4.78, 5) is 4.32. The quantitative estimate of drug-likeness (QED) is 0.447. The fourth-order valence-corrected chi connectivity index (χ4v) is 2.45. The number of nitriles is 1. The molecule has 2 aromatic heterocycles. The van der Waals surface area contributed by atoms with Crippen molar-refractivity contribution >= 4 is 27.3 Å². The third-order valence-electron chi connectivity index (χ3n) is 3.33. The number of nitrogens with zero attached hydrogens (tertiary/aromatic N) is 4. The largest absolute Gasteiger partial charge is 0.235 e. The summed E-state index contributed by atoms with van der Waals surface area (Å²) >= 11 is 0. The van der Waals surface area contributed by atoms with Gasteiger partial charge in [0.1, 0.15) is 11.6 Å². The maximum Gasteiger partial charge on any atom is 0.173 e. The molecule has 0 radical (unpaired) electrons. The second-order valence-corrected chi connectivity index (χ2v) is 4.39. The van der Waals surface area contributed by atoms with E-state index in [1.807, 2.05) is 18.2 Å². The number of rotatable bonds is 0. The monoisotopic (exact) mass is 244 g/mol. The SMILES string of the molecule is N#Cc1cnn2c1ncc1ccc3ccccc3c12. The molecule has 4 rings (SSSR count). The van der Waals surface area contributed by atoms with Crippen LogP contribution < -0.4 is 0 Å². The first kappa shape index (κ1) is 10.0. The first-order chi connectivity index (χ1) is 9.38. The molecule has 0 saturated carbocycles. The van der Waals surface area contributed by atoms with Gasteiger partial charge in [-0.25, -0.2) is 9.50 Å². The number of fused-ring (bicyclic) bond motifs is 5. The average Bonchev–Trinajstić information content (AvgIpc) is 2.89. The molecule has 2 aromatic carbocycles. The van der Waals surface area contributed by atoms with Gasteiger partial charge in [-0.2, -0.15) is 10.4 Å². The van der Waals surface area contributed by atoms with E-state index in [4.69, 9.17) is 5.26 Å². The van der Waals surface area contributed by atoms with Crippen LogP contribution in [0.2, 0.25) is 0 Å². The predicted octanol–water partition coefficient (Wildman–Crippen LogP) is 2.91. The summed E-state index contributed by atoms with van der Waals surface area (Å²) in [5.74, 6) is 0. The van der Waals surface area contributed by atoms with Gasteiger partial charge in [-0.05, 0) is 5.39 Å². The third-order valence-corrected chi connectivity index (χ3v) is 3.33. The van der Waals surface area contributed by atoms with E-state index in [9.17, 15) is 0 Å². The number of aromatic nitrogens is 3. The Morgan fingerprint density at radius 2 is 1.84 bits per heavy atom. The van der Waals surface area contributed by atoms with E-state index in [0.29, 0.717) is 11.2 Å². The van der Waals surface area contributed by atoms with Gasteiger partial charge >= 0.3 is 0 Å². The van der Waals surface area contributed by atoms with Crippen molar-refractivity contribution < 1.29 is 0 Å². The molecule has 4 nitrogen and oxygen atoms in total. The minimum absolute atomic E-state index is 0.495. The second-order valence-electron chi connectivity index (χ2n) is 4.39. The van der Waals surface area contributed by atoms with Crippen molar-refractivity contribution in [1.29, 1.82) is 5.26 Å². The lowest BCUT2D eigenvalue weighted by Crippen LogP contribution is -1.94. The molecule has 0 bridgehead atoms. The Morgan fingerprint density at radius 3 is 2.74 bits per heavy atom. The molecule has 4 heteroatoms. The van der Waals surface area contributed by atoms with Crippen LogP contribution in [0.5, 0.6) is 0 Å². The zero-order valence-corrected chi connectivity index (χ0v) is 9.91. The van der Waals surface area contributed by atoms with E-state index in [1.54, 1.807) is 16.9 Å². The zero-order chi connectivity index (χ0) is 12.8. The summed E-state index contributed by atoms with van der Waals surface area (Å²) in [5, 5.41) is 16.6. The van der Waals surface area contributed by atoms with Gasteiger partial charge in [-0.15, -0.1) is 0 Å². The fraction of sp³-hybridized carbons (Fsp3) is 0. The molecule has 0 fully saturated rings. The fourth-order valence-electron chi connectivity index (χ4n) is 2.45. The molecule has 0 aliphatic carbocycles. The van der Waals surface area contributed by atoms with Crippen LogP contribution in [0.15, 0.2) is 48.8 Å². The first-order valence-corrected chi connectivity index (χ1v) is 5.93. The topological polar surface area (TPSA) is 54.0 Å². The van der Waals surface area contributed by atoms with Crippen molar-refractivity contribution in [2.45, 2.75) is 0 Å². The van der Waals surface area contributed by atoms with Crippen LogP contribution in [0.3, 0.4) is 0 Å². The summed E-state index contributed by atoms with van der Waals surface area (Å²) < 4.78 is 1.75. The minimum Gasteiger partial charge on any atom is -0.235 e. The van der Waals surface area contributed by atoms with E-state index < -0.39 is 0 Å². The van der Waals surface area contributed by atoms with Crippen LogP contribution in [-0.2, 0) is 0 Å². The molecular weight excluding hydrogens is 236 g/mol. The summed E-state index contributed by atoms with van der Waals surface area (Å²) in [6.45, 7) is 0. The van der Waals surface area contributed by atoms with Crippen LogP contribution >= 0.6 is 0 Å². The Kier molecular flexibility index (Phi) is 1.86. The highest BCUT2D eigenvalue weighted by molar-refractivity contribution is 6.05. The van der Waals surface area contributed by atoms with Gasteiger partial charge in [0.2, 0.25) is 0 Å². The summed E-state index contributed by atoms with van der Waals surface area (Å²) in [6.07, 6.45) is 3.35. The van der Waals surface area contributed by atoms with Gasteiger partial charge in [0, 0.05) is 17.0 Å². The van der Waals surface area contributed by atoms with Crippen molar-refractivity contribution in [1.82, 2.24) is 14.6 Å². The van der Waals surface area contributed by atoms with Crippen LogP contribution in [0.25, 0.3) is 27.3 Å². The lowest BCUT2D eigenvalue weighted by molar-refractivity contribution is 0.987. The van der Waals surface area contributed by atoms with E-state index in [2.05, 4.69) is 34.4 Å². The highest BCUT2D eigenvalue weighted by atomic mass is 15.2. The molecule has 4 aromatic rings. The minimum atomic E-state index is 0.495. The number of benzene rings is 2. The number of hydrogen-bond donors (Lipinski definition) is 0. The molecule has 19 heavy (non-hydrogen) atoms. The van der Waals surface area contributed by atoms with E-state index in [-0.39, 0.29) is 0 Å². The van der Waals surface area contributed by atoms with E-state index in [0.717, 1.165) is 21.7 Å². The van der Waals surface area contributed by atoms with Crippen LogP contribution in [0, 0.1) is 11.3 Å². The van der Waals surface area contributed by atoms with Gasteiger partial charge in [0.15, 0.2) is 5.65 Å². The van der Waals surface area contributed by atoms with Crippen molar-refractivity contribution in [3.8, 4) is 6.07 Å². The second kappa shape index (κ2) is 3.53. The van der Waals surface area contributed by atoms with E-state index >= 15 is 0 Å². The molecule has 0 saturated heterocycles. The molecular formula is C15H8N4. The molecule has 0 amide bonds. The maximum absolute atomic E-state index is 9.07. The highest BCUT2D eigenvalue weighted by Gasteiger charge is 2.10. The predicted molar refractivity (Wildman–Crippen MR) is 72.7 cm³/mol. The molecule has 2 heterocycles. The van der Waals surface area contributed by atoms with Crippen LogP contribution in [0.4, 0.5) is 0 Å². The maximum atomic E-state index is 9.07. The van der Waals surface area contributed by atoms with Gasteiger partial charge in [0.25, 0.3) is 0 Å². The van der Waals surface area contributed by atoms with E-state index in [1.165, 1.54) is 0 Å². The Hall–Kier alpha value is -2.93. The molecule has 0 N–H and O–H groups in total. The third kappa shape index (κ3) is 1.27. The molecule has 0 aliphatic heterocycles. The standard InChI is InChI=1S/C15H8N4/c16-7-12-9-18-19-14-11(8-17-15(12)19)6-5-10-3-1-2-4-13(10)14/h1-6,8-9H. The normalized spacial score (nSPS) is 11.1. The van der Waals surface area contributed by atoms with Crippen molar-refractivity contribution in [2.24, 2.45) is 0 Å². The van der Waals surface area contributed by atoms with Gasteiger partial charge in [-0.1, -0.05) is 36.4 Å². The zero-order valence-electron chi connectivity index (χ0n) is 9.91. The van der Waals surface area contributed by atoms with Crippen molar-refractivity contribution in [3.63, 3.8) is 0 Å². The molecule has 0 aliphatic rings. The van der Waals surface area contributed by atoms with Crippen LogP contribution in [0.1, 0.15) is 5.56 Å². The highest BCUT2D eigenvalue weighted by Crippen LogP contribution is 2.25. The molecule has 0 atom stereocenters. The Bertz CT molecular complexity index is 976. The Balaban J connectivity index is 2.34. The average molecular weight is 244 g/mol. The Labute approximate surface area is 108 Å². The van der Waals surface area contributed by atoms with Crippen LogP contribution in [-0.4, -0.2) is 14.6 Å². The molecule has 0 unspecified atom stereocenters. The summed E-state index contributed by atoms with van der Waals surface area (Å²) in [7, 11) is 0. The summed E-state index contributed by atoms with van der Waals surface area (Å²) in [6, 6.07) is 14.4. The summed E-state index contributed by atoms with van der Waals surface area (Å²) in [5.41, 5.74) is 2.09. The van der Waals surface area contributed by atoms with Gasteiger partial charge in [-0.3, -0.25) is 0 Å². The van der Waals surface area contributed by atoms with Crippen molar-refractivity contribution in [2.75, 3.05) is 0 Å². The lowest BCUT2D eigenvalue weighted by Gasteiger charge is -2.05. The van der Waals surface area contributed by atoms with Gasteiger partial charge in [0.05, 0.1) is 11.7 Å². The van der Waals surface area contributed by atoms with Gasteiger partial charge < -0.3 is 0 Å². The van der Waals surface area contributed by atoms with Crippen molar-refractivity contribution in [3.05, 3.63) is 54.4 Å². The number of hydrogen-bond acceptors (Lipinski definition) is 3. The Morgan fingerprint density at radius 1 is 1.00 bits per heavy atom. The molecule has 88 valence electrons. The smallest absolute Gasteiger partial charge is 0.173 e. The first-order valence-electron chi connectivity index (χ1n) is 5.93. The molecule has 0 spiro atoms. The lowest BCUT2D eigenvalue weighted by atomic mass is 10.1.